The number of rotatable bonds is 4. The lowest BCUT2D eigenvalue weighted by molar-refractivity contribution is 0.102. The fraction of sp³-hybridized carbons (Fsp3) is 0.333. The average molecular weight is 376 g/mol. The normalized spacial score (nSPS) is 12.4. The number of anilines is 2. The van der Waals surface area contributed by atoms with Gasteiger partial charge in [0.1, 0.15) is 0 Å². The molecule has 2 aromatic heterocycles. The lowest BCUT2D eigenvalue weighted by Gasteiger charge is -2.17. The van der Waals surface area contributed by atoms with E-state index in [2.05, 4.69) is 46.4 Å². The lowest BCUT2D eigenvalue weighted by Crippen LogP contribution is -2.18. The van der Waals surface area contributed by atoms with Crippen LogP contribution in [0.25, 0.3) is 11.4 Å². The molecule has 0 unspecified atom stereocenters. The molecule has 2 heterocycles. The highest BCUT2D eigenvalue weighted by molar-refractivity contribution is 6.05. The van der Waals surface area contributed by atoms with Crippen molar-refractivity contribution in [1.82, 2.24) is 19.7 Å². The number of nitrogens with zero attached hydrogens (tertiary/aromatic N) is 4. The maximum Gasteiger partial charge on any atom is 0.276 e. The predicted octanol–water partition coefficient (Wildman–Crippen LogP) is 2.94. The van der Waals surface area contributed by atoms with Crippen molar-refractivity contribution in [2.45, 2.75) is 39.5 Å². The van der Waals surface area contributed by atoms with Gasteiger partial charge in [0.15, 0.2) is 5.69 Å². The minimum absolute atomic E-state index is 0.182. The number of carbonyl (C=O) groups is 1. The molecular weight excluding hydrogens is 352 g/mol. The Labute approximate surface area is 164 Å². The number of para-hydroxylation sites is 1. The van der Waals surface area contributed by atoms with Gasteiger partial charge in [-0.2, -0.15) is 5.10 Å². The van der Waals surface area contributed by atoms with Crippen LogP contribution in [0.3, 0.4) is 0 Å². The molecule has 28 heavy (non-hydrogen) atoms. The van der Waals surface area contributed by atoms with Gasteiger partial charge in [0, 0.05) is 24.5 Å². The topological polar surface area (TPSA) is 98.7 Å². The smallest absolute Gasteiger partial charge is 0.276 e. The molecule has 0 radical (unpaired) electrons. The maximum atomic E-state index is 13.2. The van der Waals surface area contributed by atoms with Crippen LogP contribution in [0.2, 0.25) is 0 Å². The molecule has 3 aromatic rings. The van der Waals surface area contributed by atoms with E-state index in [9.17, 15) is 4.79 Å². The van der Waals surface area contributed by atoms with Gasteiger partial charge in [0.2, 0.25) is 5.95 Å². The number of nitrogen functional groups attached to an aromatic ring is 1. The minimum atomic E-state index is -0.182. The Morgan fingerprint density at radius 1 is 1.21 bits per heavy atom. The third-order valence-corrected chi connectivity index (χ3v) is 5.35. The fourth-order valence-corrected chi connectivity index (χ4v) is 3.93. The van der Waals surface area contributed by atoms with Gasteiger partial charge in [-0.25, -0.2) is 9.97 Å². The summed E-state index contributed by atoms with van der Waals surface area (Å²) in [5.74, 6) is 0.0428. The van der Waals surface area contributed by atoms with Gasteiger partial charge in [0.25, 0.3) is 5.91 Å². The van der Waals surface area contributed by atoms with Crippen molar-refractivity contribution in [3.8, 4) is 11.4 Å². The Morgan fingerprint density at radius 3 is 2.61 bits per heavy atom. The van der Waals surface area contributed by atoms with Crippen molar-refractivity contribution in [3.05, 3.63) is 52.3 Å². The highest BCUT2D eigenvalue weighted by atomic mass is 16.2. The van der Waals surface area contributed by atoms with E-state index in [0.29, 0.717) is 5.69 Å². The average Bonchev–Trinajstić information content (AvgIpc) is 3.05. The Hall–Kier alpha value is -3.22. The minimum Gasteiger partial charge on any atom is -0.368 e. The molecule has 0 saturated carbocycles. The monoisotopic (exact) mass is 376 g/mol. The molecule has 0 fully saturated rings. The SMILES string of the molecule is CCc1cccc(CC)c1NC(=O)c1nn(C)c2c1CCc1cnc(N)nc1-2. The first-order valence-electron chi connectivity index (χ1n) is 9.63. The van der Waals surface area contributed by atoms with Crippen molar-refractivity contribution in [3.63, 3.8) is 0 Å². The molecule has 1 aliphatic carbocycles. The third-order valence-electron chi connectivity index (χ3n) is 5.35. The molecule has 0 aliphatic heterocycles. The molecule has 3 N–H and O–H groups in total. The van der Waals surface area contributed by atoms with Crippen molar-refractivity contribution < 1.29 is 4.79 Å². The number of hydrogen-bond donors (Lipinski definition) is 2. The molecule has 0 atom stereocenters. The van der Waals surface area contributed by atoms with Crippen molar-refractivity contribution in [2.24, 2.45) is 7.05 Å². The Balaban J connectivity index is 1.75. The molecule has 7 nitrogen and oxygen atoms in total. The van der Waals surface area contributed by atoms with Crippen LogP contribution in [-0.2, 0) is 32.7 Å². The van der Waals surface area contributed by atoms with E-state index in [4.69, 9.17) is 5.73 Å². The second kappa shape index (κ2) is 7.07. The number of nitrogens with one attached hydrogen (secondary N) is 1. The van der Waals surface area contributed by atoms with E-state index < -0.39 is 0 Å². The summed E-state index contributed by atoms with van der Waals surface area (Å²) in [7, 11) is 1.83. The molecule has 1 amide bonds. The van der Waals surface area contributed by atoms with Gasteiger partial charge in [-0.05, 0) is 42.4 Å². The first-order chi connectivity index (χ1) is 13.5. The first kappa shape index (κ1) is 18.2. The molecule has 1 aliphatic rings. The number of hydrogen-bond acceptors (Lipinski definition) is 5. The van der Waals surface area contributed by atoms with Gasteiger partial charge in [-0.15, -0.1) is 0 Å². The van der Waals surface area contributed by atoms with E-state index in [-0.39, 0.29) is 11.9 Å². The van der Waals surface area contributed by atoms with Crippen LogP contribution in [0.5, 0.6) is 0 Å². The fourth-order valence-electron chi connectivity index (χ4n) is 3.93. The molecule has 4 rings (SSSR count). The standard InChI is InChI=1S/C21H24N6O/c1-4-12-7-6-8-13(5-2)16(12)24-20(28)18-15-10-9-14-11-23-21(22)25-17(14)19(15)27(3)26-18/h6-8,11H,4-5,9-10H2,1-3H3,(H,24,28)(H2,22,23,25). The second-order valence-electron chi connectivity index (χ2n) is 7.01. The van der Waals surface area contributed by atoms with Crippen molar-refractivity contribution >= 4 is 17.5 Å². The molecule has 0 bridgehead atoms. The predicted molar refractivity (Wildman–Crippen MR) is 109 cm³/mol. The highest BCUT2D eigenvalue weighted by Gasteiger charge is 2.29. The van der Waals surface area contributed by atoms with Gasteiger partial charge >= 0.3 is 0 Å². The van der Waals surface area contributed by atoms with E-state index in [0.717, 1.165) is 65.0 Å². The number of amides is 1. The van der Waals surface area contributed by atoms with Crippen LogP contribution < -0.4 is 11.1 Å². The van der Waals surface area contributed by atoms with Crippen LogP contribution in [0.15, 0.2) is 24.4 Å². The second-order valence-corrected chi connectivity index (χ2v) is 7.01. The zero-order chi connectivity index (χ0) is 19.8. The third kappa shape index (κ3) is 2.93. The molecule has 1 aromatic carbocycles. The van der Waals surface area contributed by atoms with E-state index >= 15 is 0 Å². The van der Waals surface area contributed by atoms with E-state index in [1.54, 1.807) is 10.9 Å². The summed E-state index contributed by atoms with van der Waals surface area (Å²) < 4.78 is 1.72. The zero-order valence-electron chi connectivity index (χ0n) is 16.4. The Bertz CT molecular complexity index is 1050. The lowest BCUT2D eigenvalue weighted by atomic mass is 9.93. The van der Waals surface area contributed by atoms with Crippen LogP contribution in [0.4, 0.5) is 11.6 Å². The molecule has 0 saturated heterocycles. The summed E-state index contributed by atoms with van der Waals surface area (Å²) in [6.07, 6.45) is 4.96. The zero-order valence-corrected chi connectivity index (χ0v) is 16.4. The number of aromatic nitrogens is 4. The van der Waals surface area contributed by atoms with Crippen LogP contribution in [0, 0.1) is 0 Å². The molecule has 0 spiro atoms. The molecule has 7 heteroatoms. The number of nitrogens with two attached hydrogens (primary N) is 1. The van der Waals surface area contributed by atoms with Crippen LogP contribution in [0.1, 0.15) is 46.6 Å². The Morgan fingerprint density at radius 2 is 1.93 bits per heavy atom. The highest BCUT2D eigenvalue weighted by Crippen LogP contribution is 2.34. The molecule has 144 valence electrons. The van der Waals surface area contributed by atoms with E-state index in [1.807, 2.05) is 13.1 Å². The summed E-state index contributed by atoms with van der Waals surface area (Å²) in [4.78, 5) is 21.7. The number of benzene rings is 1. The number of aryl methyl sites for hydroxylation is 4. The summed E-state index contributed by atoms with van der Waals surface area (Å²) >= 11 is 0. The quantitative estimate of drug-likeness (QED) is 0.729. The molecular formula is C21H24N6O. The summed E-state index contributed by atoms with van der Waals surface area (Å²) in [5.41, 5.74) is 13.0. The maximum absolute atomic E-state index is 13.2. The van der Waals surface area contributed by atoms with Crippen LogP contribution >= 0.6 is 0 Å². The van der Waals surface area contributed by atoms with Gasteiger partial charge < -0.3 is 11.1 Å². The van der Waals surface area contributed by atoms with Crippen molar-refractivity contribution in [1.29, 1.82) is 0 Å². The van der Waals surface area contributed by atoms with Crippen molar-refractivity contribution in [2.75, 3.05) is 11.1 Å². The van der Waals surface area contributed by atoms with Gasteiger partial charge in [0.05, 0.1) is 11.4 Å². The summed E-state index contributed by atoms with van der Waals surface area (Å²) in [6, 6.07) is 6.15. The first-order valence-corrected chi connectivity index (χ1v) is 9.63. The Kier molecular flexibility index (Phi) is 4.58. The van der Waals surface area contributed by atoms with Gasteiger partial charge in [-0.1, -0.05) is 32.0 Å². The largest absolute Gasteiger partial charge is 0.368 e. The van der Waals surface area contributed by atoms with Crippen LogP contribution in [-0.4, -0.2) is 25.7 Å². The summed E-state index contributed by atoms with van der Waals surface area (Å²) in [5, 5.41) is 7.66. The van der Waals surface area contributed by atoms with Gasteiger partial charge in [-0.3, -0.25) is 9.48 Å². The number of carbonyl (C=O) groups excluding carboxylic acids is 1. The van der Waals surface area contributed by atoms with E-state index in [1.165, 1.54) is 0 Å². The summed E-state index contributed by atoms with van der Waals surface area (Å²) in [6.45, 7) is 4.18. The number of fused-ring (bicyclic) bond motifs is 3.